The minimum Gasteiger partial charge on any atom is -0.456 e. The number of hydrogen-bond acceptors (Lipinski definition) is 4. The van der Waals surface area contributed by atoms with Gasteiger partial charge < -0.3 is 14.4 Å². The summed E-state index contributed by atoms with van der Waals surface area (Å²) in [5.74, 6) is 0.226. The van der Waals surface area contributed by atoms with Crippen LogP contribution in [0.3, 0.4) is 0 Å². The third kappa shape index (κ3) is 2.33. The summed E-state index contributed by atoms with van der Waals surface area (Å²) in [5, 5.41) is 11.0. The molecule has 2 aromatic heterocycles. The molecule has 0 radical (unpaired) electrons. The fraction of sp³-hybridized carbons (Fsp3) is 0.444. The van der Waals surface area contributed by atoms with E-state index in [1.54, 1.807) is 36.1 Å². The van der Waals surface area contributed by atoms with Gasteiger partial charge in [0.2, 0.25) is 5.95 Å². The number of pyridine rings is 1. The van der Waals surface area contributed by atoms with Crippen LogP contribution in [-0.2, 0) is 5.60 Å². The molecule has 0 unspecified atom stereocenters. The summed E-state index contributed by atoms with van der Waals surface area (Å²) in [6.07, 6.45) is 3.62. The van der Waals surface area contributed by atoms with Gasteiger partial charge in [-0.3, -0.25) is 4.79 Å². The minimum atomic E-state index is -1.28. The van der Waals surface area contributed by atoms with Crippen LogP contribution >= 0.6 is 0 Å². The molecular formula is C18H19FN2O3. The first kappa shape index (κ1) is 15.3. The fourth-order valence-electron chi connectivity index (χ4n) is 4.19. The molecule has 2 aliphatic heterocycles. The summed E-state index contributed by atoms with van der Waals surface area (Å²) in [7, 11) is 0. The van der Waals surface area contributed by atoms with Crippen LogP contribution in [0.15, 0.2) is 34.9 Å². The van der Waals surface area contributed by atoms with E-state index < -0.39 is 11.5 Å². The molecule has 2 atom stereocenters. The highest BCUT2D eigenvalue weighted by Gasteiger charge is 2.51. The van der Waals surface area contributed by atoms with E-state index in [1.165, 1.54) is 6.20 Å². The molecule has 0 spiro atoms. The van der Waals surface area contributed by atoms with Crippen LogP contribution in [-0.4, -0.2) is 33.0 Å². The number of piperidine rings is 1. The standard InChI is InChI=1S/C18H19FN2O3/c1-11-4-7-15(24-11)17(22)21-12-5-6-13(21)10-18(23,9-12)14-3-2-8-20-16(14)19/h2-4,7-8,12-13,23H,5-6,9-10H2,1H3/t12-,13-/m1/s1. The molecule has 126 valence electrons. The van der Waals surface area contributed by atoms with Gasteiger partial charge in [0.25, 0.3) is 5.91 Å². The molecule has 24 heavy (non-hydrogen) atoms. The van der Waals surface area contributed by atoms with Gasteiger partial charge in [-0.25, -0.2) is 4.98 Å². The van der Waals surface area contributed by atoms with Gasteiger partial charge >= 0.3 is 0 Å². The van der Waals surface area contributed by atoms with Crippen molar-refractivity contribution in [3.8, 4) is 0 Å². The monoisotopic (exact) mass is 330 g/mol. The van der Waals surface area contributed by atoms with Gasteiger partial charge in [0.1, 0.15) is 5.76 Å². The number of hydrogen-bond donors (Lipinski definition) is 1. The van der Waals surface area contributed by atoms with Crippen LogP contribution in [0.25, 0.3) is 0 Å². The Labute approximate surface area is 139 Å². The normalized spacial score (nSPS) is 29.0. The molecule has 2 saturated heterocycles. The van der Waals surface area contributed by atoms with Crippen molar-refractivity contribution >= 4 is 5.91 Å². The van der Waals surface area contributed by atoms with Gasteiger partial charge in [0.05, 0.1) is 5.60 Å². The number of carbonyl (C=O) groups excluding carboxylic acids is 1. The molecule has 0 aliphatic carbocycles. The molecule has 2 aromatic rings. The number of carbonyl (C=O) groups is 1. The maximum absolute atomic E-state index is 14.1. The summed E-state index contributed by atoms with van der Waals surface area (Å²) in [6, 6.07) is 6.41. The van der Waals surface area contributed by atoms with Crippen molar-refractivity contribution < 1.29 is 18.7 Å². The van der Waals surface area contributed by atoms with E-state index in [0.717, 1.165) is 12.8 Å². The molecule has 0 aromatic carbocycles. The Kier molecular flexibility index (Phi) is 3.46. The van der Waals surface area contributed by atoms with E-state index >= 15 is 0 Å². The average molecular weight is 330 g/mol. The van der Waals surface area contributed by atoms with E-state index in [-0.39, 0.29) is 23.6 Å². The first-order valence-electron chi connectivity index (χ1n) is 8.20. The maximum atomic E-state index is 14.1. The van der Waals surface area contributed by atoms with E-state index in [9.17, 15) is 14.3 Å². The van der Waals surface area contributed by atoms with Crippen molar-refractivity contribution in [3.05, 3.63) is 53.5 Å². The summed E-state index contributed by atoms with van der Waals surface area (Å²) in [4.78, 5) is 18.2. The number of aromatic nitrogens is 1. The Morgan fingerprint density at radius 2 is 2.04 bits per heavy atom. The summed E-state index contributed by atoms with van der Waals surface area (Å²) in [6.45, 7) is 1.80. The first-order valence-corrected chi connectivity index (χ1v) is 8.20. The first-order chi connectivity index (χ1) is 11.5. The van der Waals surface area contributed by atoms with Crippen LogP contribution in [0.2, 0.25) is 0 Å². The van der Waals surface area contributed by atoms with Crippen LogP contribution in [0, 0.1) is 12.9 Å². The lowest BCUT2D eigenvalue weighted by molar-refractivity contribution is -0.0511. The number of nitrogens with zero attached hydrogens (tertiary/aromatic N) is 2. The number of aryl methyl sites for hydroxylation is 1. The van der Waals surface area contributed by atoms with E-state index in [1.807, 2.05) is 0 Å². The molecule has 1 N–H and O–H groups in total. The molecule has 4 rings (SSSR count). The summed E-state index contributed by atoms with van der Waals surface area (Å²) < 4.78 is 19.5. The SMILES string of the molecule is Cc1ccc(C(=O)N2[C@@H]3CC[C@@H]2CC(O)(c2cccnc2F)C3)o1. The van der Waals surface area contributed by atoms with Gasteiger partial charge in [0, 0.05) is 36.7 Å². The second-order valence-corrected chi connectivity index (χ2v) is 6.79. The number of furan rings is 1. The predicted octanol–water partition coefficient (Wildman–Crippen LogP) is 2.78. The van der Waals surface area contributed by atoms with Gasteiger partial charge in [-0.05, 0) is 38.0 Å². The van der Waals surface area contributed by atoms with Crippen molar-refractivity contribution in [2.75, 3.05) is 0 Å². The fourth-order valence-corrected chi connectivity index (χ4v) is 4.19. The topological polar surface area (TPSA) is 66.6 Å². The van der Waals surface area contributed by atoms with Gasteiger partial charge in [-0.1, -0.05) is 6.07 Å². The minimum absolute atomic E-state index is 0.119. The second kappa shape index (κ2) is 5.41. The molecule has 0 saturated carbocycles. The molecule has 1 amide bonds. The van der Waals surface area contributed by atoms with Crippen LogP contribution in [0.5, 0.6) is 0 Å². The van der Waals surface area contributed by atoms with Crippen molar-refractivity contribution in [2.24, 2.45) is 0 Å². The second-order valence-electron chi connectivity index (χ2n) is 6.79. The third-order valence-electron chi connectivity index (χ3n) is 5.21. The lowest BCUT2D eigenvalue weighted by atomic mass is 9.81. The van der Waals surface area contributed by atoms with Gasteiger partial charge in [0.15, 0.2) is 5.76 Å². The van der Waals surface area contributed by atoms with Crippen molar-refractivity contribution in [1.29, 1.82) is 0 Å². The van der Waals surface area contributed by atoms with Crippen molar-refractivity contribution in [1.82, 2.24) is 9.88 Å². The molecule has 2 aliphatic rings. The van der Waals surface area contributed by atoms with Crippen LogP contribution < -0.4 is 0 Å². The Morgan fingerprint density at radius 1 is 1.33 bits per heavy atom. The lowest BCUT2D eigenvalue weighted by Crippen LogP contribution is -2.52. The average Bonchev–Trinajstić information content (AvgIpc) is 3.09. The Morgan fingerprint density at radius 3 is 2.62 bits per heavy atom. The van der Waals surface area contributed by atoms with Crippen molar-refractivity contribution in [2.45, 2.75) is 50.3 Å². The van der Waals surface area contributed by atoms with E-state index in [4.69, 9.17) is 4.42 Å². The summed E-state index contributed by atoms with van der Waals surface area (Å²) >= 11 is 0. The third-order valence-corrected chi connectivity index (χ3v) is 5.21. The number of halogens is 1. The molecule has 2 fully saturated rings. The Balaban J connectivity index is 1.62. The molecule has 4 heterocycles. The Hall–Kier alpha value is -2.21. The number of aliphatic hydroxyl groups is 1. The highest BCUT2D eigenvalue weighted by molar-refractivity contribution is 5.92. The van der Waals surface area contributed by atoms with Gasteiger partial charge in [-0.2, -0.15) is 4.39 Å². The van der Waals surface area contributed by atoms with Crippen LogP contribution in [0.1, 0.15) is 47.6 Å². The van der Waals surface area contributed by atoms with Gasteiger partial charge in [-0.15, -0.1) is 0 Å². The number of rotatable bonds is 2. The maximum Gasteiger partial charge on any atom is 0.290 e. The zero-order valence-corrected chi connectivity index (χ0v) is 13.4. The molecule has 5 nitrogen and oxygen atoms in total. The lowest BCUT2D eigenvalue weighted by Gasteiger charge is -2.43. The zero-order chi connectivity index (χ0) is 16.9. The van der Waals surface area contributed by atoms with E-state index in [0.29, 0.717) is 24.4 Å². The number of amides is 1. The summed E-state index contributed by atoms with van der Waals surface area (Å²) in [5.41, 5.74) is -1.05. The predicted molar refractivity (Wildman–Crippen MR) is 83.8 cm³/mol. The smallest absolute Gasteiger partial charge is 0.290 e. The highest BCUT2D eigenvalue weighted by atomic mass is 19.1. The molecular weight excluding hydrogens is 311 g/mol. The largest absolute Gasteiger partial charge is 0.456 e. The molecule has 6 heteroatoms. The van der Waals surface area contributed by atoms with Crippen LogP contribution in [0.4, 0.5) is 4.39 Å². The Bertz CT molecular complexity index is 774. The number of fused-ring (bicyclic) bond motifs is 2. The highest BCUT2D eigenvalue weighted by Crippen LogP contribution is 2.46. The van der Waals surface area contributed by atoms with Crippen molar-refractivity contribution in [3.63, 3.8) is 0 Å². The zero-order valence-electron chi connectivity index (χ0n) is 13.4. The molecule has 2 bridgehead atoms. The quantitative estimate of drug-likeness (QED) is 0.860. The van der Waals surface area contributed by atoms with E-state index in [2.05, 4.69) is 4.98 Å².